The number of ketones is 1. The van der Waals surface area contributed by atoms with Gasteiger partial charge in [0.15, 0.2) is 5.78 Å². The molecule has 2 aromatic carbocycles. The van der Waals surface area contributed by atoms with E-state index >= 15 is 0 Å². The molecule has 0 aliphatic rings. The van der Waals surface area contributed by atoms with Gasteiger partial charge < -0.3 is 0 Å². The van der Waals surface area contributed by atoms with Gasteiger partial charge in [-0.05, 0) is 49.7 Å². The van der Waals surface area contributed by atoms with Crippen LogP contribution in [0.5, 0.6) is 0 Å². The van der Waals surface area contributed by atoms with Crippen molar-refractivity contribution in [3.8, 4) is 0 Å². The van der Waals surface area contributed by atoms with Crippen LogP contribution in [0, 0.1) is 5.82 Å². The molecule has 0 saturated carbocycles. The zero-order chi connectivity index (χ0) is 16.6. The number of benzene rings is 2. The predicted octanol–water partition coefficient (Wildman–Crippen LogP) is 4.47. The van der Waals surface area contributed by atoms with Crippen molar-refractivity contribution in [1.29, 1.82) is 0 Å². The topological polar surface area (TPSA) is 47.8 Å². The normalized spacial score (nSPS) is 12.7. The van der Waals surface area contributed by atoms with Crippen molar-refractivity contribution in [2.45, 2.75) is 24.7 Å². The molecule has 0 bridgehead atoms. The minimum absolute atomic E-state index is 0.0879. The van der Waals surface area contributed by atoms with Crippen LogP contribution < -0.4 is 0 Å². The summed E-state index contributed by atoms with van der Waals surface area (Å²) in [6.07, 6.45) is 0. The van der Waals surface area contributed by atoms with E-state index in [2.05, 4.69) is 26.2 Å². The van der Waals surface area contributed by atoms with Crippen LogP contribution in [0.2, 0.25) is 0 Å². The molecule has 0 aliphatic heterocycles. The van der Waals surface area contributed by atoms with Crippen LogP contribution in [0.4, 0.5) is 4.39 Å². The second-order valence-electron chi connectivity index (χ2n) is 5.61. The Morgan fingerprint density at radius 1 is 1.17 bits per heavy atom. The largest absolute Gasteiger partial charge is 0.293 e. The fourth-order valence-corrected chi connectivity index (χ4v) is 2.97. The first-order valence-electron chi connectivity index (χ1n) is 7.26. The van der Waals surface area contributed by atoms with Gasteiger partial charge in [0.1, 0.15) is 16.2 Å². The Morgan fingerprint density at radius 2 is 1.87 bits per heavy atom. The average molecular weight is 376 g/mol. The highest BCUT2D eigenvalue weighted by molar-refractivity contribution is 9.09. The Hall–Kier alpha value is -2.08. The number of aromatic nitrogens is 3. The SMILES string of the molecule is CC(C)n1nnc2ccc(C(=O)C(Br)c3ccc(F)cc3)cc21. The molecule has 4 nitrogen and oxygen atoms in total. The van der Waals surface area contributed by atoms with Gasteiger partial charge in [0, 0.05) is 11.6 Å². The zero-order valence-corrected chi connectivity index (χ0v) is 14.3. The van der Waals surface area contributed by atoms with Gasteiger partial charge in [-0.15, -0.1) is 5.10 Å². The van der Waals surface area contributed by atoms with Gasteiger partial charge in [-0.3, -0.25) is 4.79 Å². The third kappa shape index (κ3) is 3.03. The average Bonchev–Trinajstić information content (AvgIpc) is 2.97. The maximum atomic E-state index is 13.0. The number of nitrogens with zero attached hydrogens (tertiary/aromatic N) is 3. The number of rotatable bonds is 4. The molecule has 0 N–H and O–H groups in total. The molecule has 0 aliphatic carbocycles. The number of fused-ring (bicyclic) bond motifs is 1. The van der Waals surface area contributed by atoms with Crippen LogP contribution in [0.15, 0.2) is 42.5 Å². The molecule has 0 amide bonds. The smallest absolute Gasteiger partial charge is 0.180 e. The molecule has 0 radical (unpaired) electrons. The number of carbonyl (C=O) groups excluding carboxylic acids is 1. The van der Waals surface area contributed by atoms with Crippen LogP contribution >= 0.6 is 15.9 Å². The highest BCUT2D eigenvalue weighted by Crippen LogP contribution is 2.28. The molecule has 1 aromatic heterocycles. The standard InChI is InChI=1S/C17H15BrFN3O/c1-10(2)22-15-9-12(5-8-14(15)20-21-22)17(23)16(18)11-3-6-13(19)7-4-11/h3-10,16H,1-2H3. The monoisotopic (exact) mass is 375 g/mol. The molecular weight excluding hydrogens is 361 g/mol. The summed E-state index contributed by atoms with van der Waals surface area (Å²) in [5, 5.41) is 8.21. The molecular formula is C17H15BrFN3O. The molecule has 3 aromatic rings. The van der Waals surface area contributed by atoms with Crippen LogP contribution in [0.25, 0.3) is 11.0 Å². The summed E-state index contributed by atoms with van der Waals surface area (Å²) in [5.74, 6) is -0.413. The Balaban J connectivity index is 1.97. The second kappa shape index (κ2) is 6.20. The van der Waals surface area contributed by atoms with Gasteiger partial charge in [-0.1, -0.05) is 33.3 Å². The van der Waals surface area contributed by atoms with Gasteiger partial charge in [0.05, 0.1) is 5.52 Å². The van der Waals surface area contributed by atoms with Crippen LogP contribution in [-0.4, -0.2) is 20.8 Å². The molecule has 1 unspecified atom stereocenters. The first-order valence-corrected chi connectivity index (χ1v) is 8.17. The highest BCUT2D eigenvalue weighted by Gasteiger charge is 2.20. The van der Waals surface area contributed by atoms with E-state index in [-0.39, 0.29) is 17.6 Å². The van der Waals surface area contributed by atoms with Crippen molar-refractivity contribution in [2.75, 3.05) is 0 Å². The number of alkyl halides is 1. The molecule has 6 heteroatoms. The number of halogens is 2. The Bertz CT molecular complexity index is 858. The number of hydrogen-bond acceptors (Lipinski definition) is 3. The number of carbonyl (C=O) groups is 1. The van der Waals surface area contributed by atoms with Crippen molar-refractivity contribution in [3.05, 3.63) is 59.4 Å². The van der Waals surface area contributed by atoms with Crippen molar-refractivity contribution in [3.63, 3.8) is 0 Å². The van der Waals surface area contributed by atoms with Crippen LogP contribution in [0.3, 0.4) is 0 Å². The quantitative estimate of drug-likeness (QED) is 0.499. The number of Topliss-reactive ketones (excluding diaryl/α,β-unsaturated/α-hetero) is 1. The summed E-state index contributed by atoms with van der Waals surface area (Å²) < 4.78 is 14.8. The predicted molar refractivity (Wildman–Crippen MR) is 90.3 cm³/mol. The molecule has 0 fully saturated rings. The molecule has 3 rings (SSSR count). The van der Waals surface area contributed by atoms with Crippen molar-refractivity contribution >= 4 is 32.7 Å². The summed E-state index contributed by atoms with van der Waals surface area (Å²) >= 11 is 3.40. The van der Waals surface area contributed by atoms with E-state index in [1.165, 1.54) is 12.1 Å². The van der Waals surface area contributed by atoms with Crippen LogP contribution in [0.1, 0.15) is 40.6 Å². The van der Waals surface area contributed by atoms with Crippen LogP contribution in [-0.2, 0) is 0 Å². The fourth-order valence-electron chi connectivity index (χ4n) is 2.40. The van der Waals surface area contributed by atoms with E-state index in [1.807, 2.05) is 13.8 Å². The van der Waals surface area contributed by atoms with E-state index in [0.29, 0.717) is 11.1 Å². The van der Waals surface area contributed by atoms with Crippen molar-refractivity contribution in [2.24, 2.45) is 0 Å². The Labute approximate surface area is 141 Å². The summed E-state index contributed by atoms with van der Waals surface area (Å²) in [5.41, 5.74) is 2.85. The van der Waals surface area contributed by atoms with E-state index < -0.39 is 4.83 Å². The van der Waals surface area contributed by atoms with Crippen molar-refractivity contribution < 1.29 is 9.18 Å². The minimum Gasteiger partial charge on any atom is -0.293 e. The lowest BCUT2D eigenvalue weighted by molar-refractivity contribution is 0.0991. The molecule has 1 heterocycles. The molecule has 0 saturated heterocycles. The summed E-state index contributed by atoms with van der Waals surface area (Å²) in [7, 11) is 0. The zero-order valence-electron chi connectivity index (χ0n) is 12.7. The first kappa shape index (κ1) is 15.8. The Kier molecular flexibility index (Phi) is 4.26. The minimum atomic E-state index is -0.524. The van der Waals surface area contributed by atoms with Gasteiger partial charge in [-0.25, -0.2) is 9.07 Å². The lowest BCUT2D eigenvalue weighted by Crippen LogP contribution is -2.08. The molecule has 0 spiro atoms. The van der Waals surface area contributed by atoms with E-state index in [0.717, 1.165) is 11.0 Å². The summed E-state index contributed by atoms with van der Waals surface area (Å²) in [6.45, 7) is 4.02. The number of hydrogen-bond donors (Lipinski definition) is 0. The molecule has 1 atom stereocenters. The maximum Gasteiger partial charge on any atom is 0.180 e. The second-order valence-corrected chi connectivity index (χ2v) is 6.53. The van der Waals surface area contributed by atoms with E-state index in [1.54, 1.807) is 35.0 Å². The highest BCUT2D eigenvalue weighted by atomic mass is 79.9. The lowest BCUT2D eigenvalue weighted by atomic mass is 10.0. The van der Waals surface area contributed by atoms with Gasteiger partial charge in [0.2, 0.25) is 0 Å². The maximum absolute atomic E-state index is 13.0. The Morgan fingerprint density at radius 3 is 2.52 bits per heavy atom. The first-order chi connectivity index (χ1) is 11.0. The lowest BCUT2D eigenvalue weighted by Gasteiger charge is -2.10. The summed E-state index contributed by atoms with van der Waals surface area (Å²) in [6, 6.07) is 11.4. The van der Waals surface area contributed by atoms with E-state index in [9.17, 15) is 9.18 Å². The van der Waals surface area contributed by atoms with Crippen molar-refractivity contribution in [1.82, 2.24) is 15.0 Å². The molecule has 118 valence electrons. The molecule has 23 heavy (non-hydrogen) atoms. The van der Waals surface area contributed by atoms with Gasteiger partial charge >= 0.3 is 0 Å². The summed E-state index contributed by atoms with van der Waals surface area (Å²) in [4.78, 5) is 12.2. The van der Waals surface area contributed by atoms with E-state index in [4.69, 9.17) is 0 Å². The van der Waals surface area contributed by atoms with Gasteiger partial charge in [0.25, 0.3) is 0 Å². The third-order valence-electron chi connectivity index (χ3n) is 3.64. The fraction of sp³-hybridized carbons (Fsp3) is 0.235. The third-order valence-corrected chi connectivity index (χ3v) is 4.58. The van der Waals surface area contributed by atoms with Gasteiger partial charge in [-0.2, -0.15) is 0 Å².